The predicted octanol–water partition coefficient (Wildman–Crippen LogP) is 3.27. The Morgan fingerprint density at radius 2 is 1.66 bits per heavy atom. The molecular weight excluding hydrogens is 388 g/mol. The van der Waals surface area contributed by atoms with Gasteiger partial charge in [-0.3, -0.25) is 4.72 Å². The van der Waals surface area contributed by atoms with Gasteiger partial charge in [0.2, 0.25) is 5.95 Å². The van der Waals surface area contributed by atoms with Crippen LogP contribution in [0.25, 0.3) is 0 Å². The number of sulfonamides is 1. The van der Waals surface area contributed by atoms with Crippen molar-refractivity contribution in [1.82, 2.24) is 9.97 Å². The first-order valence-corrected chi connectivity index (χ1v) is 10.2. The van der Waals surface area contributed by atoms with Crippen molar-refractivity contribution < 1.29 is 8.42 Å². The van der Waals surface area contributed by atoms with Crippen LogP contribution < -0.4 is 14.9 Å². The second-order valence-electron chi connectivity index (χ2n) is 6.50. The van der Waals surface area contributed by atoms with Crippen molar-refractivity contribution in [3.8, 4) is 6.07 Å². The van der Waals surface area contributed by atoms with Gasteiger partial charge in [0.15, 0.2) is 0 Å². The number of aryl methyl sites for hydroxylation is 1. The summed E-state index contributed by atoms with van der Waals surface area (Å²) in [5.74, 6) is 1.23. The Labute approximate surface area is 169 Å². The Kier molecular flexibility index (Phi) is 5.66. The first kappa shape index (κ1) is 20.1. The van der Waals surface area contributed by atoms with Gasteiger partial charge in [-0.2, -0.15) is 10.2 Å². The summed E-state index contributed by atoms with van der Waals surface area (Å²) in [6.45, 7) is 1.89. The first-order chi connectivity index (χ1) is 13.8. The SMILES string of the molecule is Cc1cc(N(C)C)nc(Nc2ccc(NS(=O)(=O)c3ccccc3C#N)cc2)n1. The number of rotatable bonds is 6. The molecule has 0 saturated carbocycles. The molecule has 0 spiro atoms. The maximum Gasteiger partial charge on any atom is 0.263 e. The summed E-state index contributed by atoms with van der Waals surface area (Å²) in [4.78, 5) is 10.6. The number of hydrogen-bond donors (Lipinski definition) is 2. The molecule has 29 heavy (non-hydrogen) atoms. The fourth-order valence-electron chi connectivity index (χ4n) is 2.59. The molecule has 0 saturated heterocycles. The molecule has 0 fully saturated rings. The summed E-state index contributed by atoms with van der Waals surface area (Å²) >= 11 is 0. The van der Waals surface area contributed by atoms with Crippen molar-refractivity contribution in [1.29, 1.82) is 5.26 Å². The van der Waals surface area contributed by atoms with Crippen LogP contribution in [0.2, 0.25) is 0 Å². The standard InChI is InChI=1S/C20H20N6O2S/c1-14-12-19(26(2)3)24-20(22-14)23-16-8-10-17(11-9-16)25-29(27,28)18-7-5-4-6-15(18)13-21/h4-12,25H,1-3H3,(H,22,23,24). The van der Waals surface area contributed by atoms with Crippen LogP contribution in [0.4, 0.5) is 23.1 Å². The lowest BCUT2D eigenvalue weighted by atomic mass is 10.2. The number of nitriles is 1. The maximum absolute atomic E-state index is 12.6. The summed E-state index contributed by atoms with van der Waals surface area (Å²) in [6.07, 6.45) is 0. The van der Waals surface area contributed by atoms with Crippen molar-refractivity contribution >= 4 is 33.2 Å². The smallest absolute Gasteiger partial charge is 0.263 e. The molecule has 0 radical (unpaired) electrons. The second-order valence-corrected chi connectivity index (χ2v) is 8.15. The van der Waals surface area contributed by atoms with E-state index in [0.29, 0.717) is 17.3 Å². The number of nitrogens with one attached hydrogen (secondary N) is 2. The molecule has 0 aliphatic rings. The van der Waals surface area contributed by atoms with E-state index in [1.165, 1.54) is 12.1 Å². The van der Waals surface area contributed by atoms with Gasteiger partial charge in [0, 0.05) is 37.2 Å². The van der Waals surface area contributed by atoms with E-state index >= 15 is 0 Å². The molecule has 3 rings (SSSR count). The van der Waals surface area contributed by atoms with Crippen LogP contribution in [0.3, 0.4) is 0 Å². The molecule has 0 aliphatic heterocycles. The Hall–Kier alpha value is -3.64. The maximum atomic E-state index is 12.6. The highest BCUT2D eigenvalue weighted by molar-refractivity contribution is 7.92. The zero-order valence-corrected chi connectivity index (χ0v) is 17.0. The van der Waals surface area contributed by atoms with Crippen molar-refractivity contribution in [3.05, 3.63) is 65.9 Å². The van der Waals surface area contributed by atoms with Crippen LogP contribution in [-0.2, 0) is 10.0 Å². The van der Waals surface area contributed by atoms with Crippen LogP contribution in [0, 0.1) is 18.3 Å². The van der Waals surface area contributed by atoms with Crippen molar-refractivity contribution in [3.63, 3.8) is 0 Å². The number of nitrogens with zero attached hydrogens (tertiary/aromatic N) is 4. The second kappa shape index (κ2) is 8.16. The van der Waals surface area contributed by atoms with E-state index in [2.05, 4.69) is 20.0 Å². The number of hydrogen-bond acceptors (Lipinski definition) is 7. The lowest BCUT2D eigenvalue weighted by molar-refractivity contribution is 0.601. The molecule has 148 valence electrons. The highest BCUT2D eigenvalue weighted by atomic mass is 32.2. The van der Waals surface area contributed by atoms with Gasteiger partial charge in [0.05, 0.1) is 5.56 Å². The average molecular weight is 408 g/mol. The van der Waals surface area contributed by atoms with E-state index in [4.69, 9.17) is 5.26 Å². The summed E-state index contributed by atoms with van der Waals surface area (Å²) in [5, 5.41) is 12.2. The molecule has 0 atom stereocenters. The van der Waals surface area contributed by atoms with Crippen LogP contribution >= 0.6 is 0 Å². The first-order valence-electron chi connectivity index (χ1n) is 8.70. The topological polar surface area (TPSA) is 111 Å². The van der Waals surface area contributed by atoms with E-state index in [1.807, 2.05) is 38.1 Å². The quantitative estimate of drug-likeness (QED) is 0.644. The molecule has 0 bridgehead atoms. The summed E-state index contributed by atoms with van der Waals surface area (Å²) in [5.41, 5.74) is 2.00. The normalized spacial score (nSPS) is 10.8. The van der Waals surface area contributed by atoms with Crippen molar-refractivity contribution in [2.75, 3.05) is 29.0 Å². The number of anilines is 4. The number of benzene rings is 2. The summed E-state index contributed by atoms with van der Waals surface area (Å²) < 4.78 is 27.7. The molecule has 8 nitrogen and oxygen atoms in total. The molecule has 3 aromatic rings. The highest BCUT2D eigenvalue weighted by Crippen LogP contribution is 2.22. The minimum atomic E-state index is -3.87. The van der Waals surface area contributed by atoms with Crippen LogP contribution in [0.5, 0.6) is 0 Å². The molecule has 2 aromatic carbocycles. The molecule has 2 N–H and O–H groups in total. The van der Waals surface area contributed by atoms with Gasteiger partial charge in [-0.1, -0.05) is 12.1 Å². The fraction of sp³-hybridized carbons (Fsp3) is 0.150. The van der Waals surface area contributed by atoms with Gasteiger partial charge in [-0.25, -0.2) is 13.4 Å². The van der Waals surface area contributed by atoms with E-state index in [9.17, 15) is 8.42 Å². The molecular formula is C20H20N6O2S. The lowest BCUT2D eigenvalue weighted by Gasteiger charge is -2.14. The summed E-state index contributed by atoms with van der Waals surface area (Å²) in [6, 6.07) is 16.5. The largest absolute Gasteiger partial charge is 0.363 e. The van der Waals surface area contributed by atoms with Crippen molar-refractivity contribution in [2.24, 2.45) is 0 Å². The third-order valence-electron chi connectivity index (χ3n) is 3.99. The van der Waals surface area contributed by atoms with Crippen LogP contribution in [-0.4, -0.2) is 32.5 Å². The van der Waals surface area contributed by atoms with E-state index in [0.717, 1.165) is 11.5 Å². The zero-order chi connectivity index (χ0) is 21.0. The molecule has 9 heteroatoms. The summed E-state index contributed by atoms with van der Waals surface area (Å²) in [7, 11) is -0.0723. The number of aromatic nitrogens is 2. The minimum absolute atomic E-state index is 0.0610. The Morgan fingerprint density at radius 3 is 2.31 bits per heavy atom. The Balaban J connectivity index is 1.78. The van der Waals surface area contributed by atoms with Gasteiger partial charge in [-0.05, 0) is 43.3 Å². The molecule has 0 amide bonds. The van der Waals surface area contributed by atoms with Crippen LogP contribution in [0.1, 0.15) is 11.3 Å². The Morgan fingerprint density at radius 1 is 1.00 bits per heavy atom. The van der Waals surface area contributed by atoms with Crippen molar-refractivity contribution in [2.45, 2.75) is 11.8 Å². The Bertz CT molecular complexity index is 1170. The molecule has 1 heterocycles. The van der Waals surface area contributed by atoms with Gasteiger partial charge in [0.1, 0.15) is 16.8 Å². The van der Waals surface area contributed by atoms with E-state index in [-0.39, 0.29) is 10.5 Å². The van der Waals surface area contributed by atoms with Gasteiger partial charge in [-0.15, -0.1) is 0 Å². The zero-order valence-electron chi connectivity index (χ0n) is 16.2. The third-order valence-corrected chi connectivity index (χ3v) is 5.43. The van der Waals surface area contributed by atoms with E-state index in [1.54, 1.807) is 36.4 Å². The van der Waals surface area contributed by atoms with Gasteiger partial charge >= 0.3 is 0 Å². The molecule has 0 unspecified atom stereocenters. The minimum Gasteiger partial charge on any atom is -0.363 e. The average Bonchev–Trinajstić information content (AvgIpc) is 2.68. The lowest BCUT2D eigenvalue weighted by Crippen LogP contribution is -2.14. The van der Waals surface area contributed by atoms with Gasteiger partial charge in [0.25, 0.3) is 10.0 Å². The monoisotopic (exact) mass is 408 g/mol. The van der Waals surface area contributed by atoms with E-state index < -0.39 is 10.0 Å². The molecule has 0 aliphatic carbocycles. The van der Waals surface area contributed by atoms with Crippen LogP contribution in [0.15, 0.2) is 59.5 Å². The van der Waals surface area contributed by atoms with Gasteiger partial charge < -0.3 is 10.2 Å². The third kappa shape index (κ3) is 4.80. The molecule has 1 aromatic heterocycles. The predicted molar refractivity (Wildman–Crippen MR) is 113 cm³/mol. The fourth-order valence-corrected chi connectivity index (χ4v) is 3.81. The highest BCUT2D eigenvalue weighted by Gasteiger charge is 2.18.